The van der Waals surface area contributed by atoms with Crippen LogP contribution in [0.4, 0.5) is 0 Å². The molecule has 1 unspecified atom stereocenters. The molecule has 1 saturated heterocycles. The molecular weight excluding hydrogens is 489 g/mol. The van der Waals surface area contributed by atoms with Gasteiger partial charge in [-0.1, -0.05) is 24.3 Å². The minimum atomic E-state index is -1.82. The zero-order chi connectivity index (χ0) is 21.0. The van der Waals surface area contributed by atoms with Crippen molar-refractivity contribution in [2.24, 2.45) is 0 Å². The smallest absolute Gasteiger partial charge is 0.414 e. The number of nitrogens with zero attached hydrogens (tertiary/aromatic N) is 3. The first-order valence-electron chi connectivity index (χ1n) is 9.45. The number of imidazole rings is 1. The van der Waals surface area contributed by atoms with Crippen LogP contribution in [0, 0.1) is 3.70 Å². The highest BCUT2D eigenvalue weighted by molar-refractivity contribution is 14.1. The Morgan fingerprint density at radius 1 is 1.14 bits per heavy atom. The van der Waals surface area contributed by atoms with Crippen molar-refractivity contribution in [1.29, 1.82) is 0 Å². The minimum absolute atomic E-state index is 0.0365. The van der Waals surface area contributed by atoms with Gasteiger partial charge in [0.2, 0.25) is 0 Å². The fourth-order valence-electron chi connectivity index (χ4n) is 3.63. The van der Waals surface area contributed by atoms with Gasteiger partial charge >= 0.3 is 11.9 Å². The van der Waals surface area contributed by atoms with Crippen molar-refractivity contribution in [3.05, 3.63) is 51.1 Å². The lowest BCUT2D eigenvalue weighted by Crippen LogP contribution is -2.35. The Kier molecular flexibility index (Phi) is 7.25. The van der Waals surface area contributed by atoms with Crippen LogP contribution in [0.1, 0.15) is 35.9 Å². The average molecular weight is 513 g/mol. The predicted octanol–water partition coefficient (Wildman–Crippen LogP) is 2.40. The number of carbonyl (C=O) groups is 2. The van der Waals surface area contributed by atoms with Crippen LogP contribution in [0.15, 0.2) is 30.5 Å². The number of hydrogen-bond acceptors (Lipinski definition) is 5. The SMILES string of the molecule is CN1CCC(OC2c3ccccc3CCn3cc(I)nc32)CC1.O=C(O)C(=O)O. The van der Waals surface area contributed by atoms with E-state index in [1.807, 2.05) is 0 Å². The lowest BCUT2D eigenvalue weighted by atomic mass is 10.00. The Balaban J connectivity index is 0.000000353. The van der Waals surface area contributed by atoms with Gasteiger partial charge in [0.15, 0.2) is 0 Å². The lowest BCUT2D eigenvalue weighted by molar-refractivity contribution is -0.159. The summed E-state index contributed by atoms with van der Waals surface area (Å²) in [5.74, 6) is -2.58. The highest BCUT2D eigenvalue weighted by Crippen LogP contribution is 2.34. The largest absolute Gasteiger partial charge is 0.473 e. The van der Waals surface area contributed by atoms with E-state index in [9.17, 15) is 0 Å². The fraction of sp³-hybridized carbons (Fsp3) is 0.450. The quantitative estimate of drug-likeness (QED) is 0.470. The molecule has 0 saturated carbocycles. The number of ether oxygens (including phenoxy) is 1. The molecule has 2 N–H and O–H groups in total. The van der Waals surface area contributed by atoms with Gasteiger partial charge < -0.3 is 24.4 Å². The number of aromatic nitrogens is 2. The van der Waals surface area contributed by atoms with Crippen molar-refractivity contribution in [1.82, 2.24) is 14.5 Å². The van der Waals surface area contributed by atoms with Crippen molar-refractivity contribution in [2.75, 3.05) is 20.1 Å². The van der Waals surface area contributed by atoms with Gasteiger partial charge in [0.25, 0.3) is 0 Å². The van der Waals surface area contributed by atoms with E-state index in [0.717, 1.165) is 48.4 Å². The first-order chi connectivity index (χ1) is 13.8. The highest BCUT2D eigenvalue weighted by Gasteiger charge is 2.30. The summed E-state index contributed by atoms with van der Waals surface area (Å²) in [7, 11) is 2.19. The van der Waals surface area contributed by atoms with Crippen molar-refractivity contribution >= 4 is 34.5 Å². The zero-order valence-corrected chi connectivity index (χ0v) is 18.3. The third kappa shape index (κ3) is 5.55. The summed E-state index contributed by atoms with van der Waals surface area (Å²) in [6.07, 6.45) is 5.69. The molecule has 0 amide bonds. The molecule has 0 radical (unpaired) electrons. The van der Waals surface area contributed by atoms with Crippen molar-refractivity contribution < 1.29 is 24.5 Å². The number of aliphatic carboxylic acids is 2. The van der Waals surface area contributed by atoms with Crippen LogP contribution in [-0.4, -0.2) is 62.8 Å². The number of rotatable bonds is 2. The number of benzene rings is 1. The Bertz CT molecular complexity index is 865. The topological polar surface area (TPSA) is 105 Å². The molecular formula is C20H24IN3O5. The number of carboxylic acid groups (broad SMARTS) is 2. The number of fused-ring (bicyclic) bond motifs is 2. The van der Waals surface area contributed by atoms with E-state index < -0.39 is 11.9 Å². The molecule has 0 spiro atoms. The molecule has 2 aliphatic heterocycles. The number of aryl methyl sites for hydroxylation is 2. The molecule has 3 heterocycles. The van der Waals surface area contributed by atoms with E-state index in [0.29, 0.717) is 6.10 Å². The van der Waals surface area contributed by atoms with Crippen LogP contribution < -0.4 is 0 Å². The normalized spacial score (nSPS) is 19.3. The first kappa shape index (κ1) is 21.7. The van der Waals surface area contributed by atoms with E-state index in [1.54, 1.807) is 0 Å². The van der Waals surface area contributed by atoms with Crippen LogP contribution in [0.2, 0.25) is 0 Å². The molecule has 1 atom stereocenters. The van der Waals surface area contributed by atoms with Gasteiger partial charge in [-0.05, 0) is 60.0 Å². The van der Waals surface area contributed by atoms with Gasteiger partial charge in [-0.3, -0.25) is 0 Å². The number of likely N-dealkylation sites (tertiary alicyclic amines) is 1. The van der Waals surface area contributed by atoms with E-state index >= 15 is 0 Å². The Labute approximate surface area is 182 Å². The Morgan fingerprint density at radius 3 is 2.45 bits per heavy atom. The van der Waals surface area contributed by atoms with Gasteiger partial charge in [0, 0.05) is 25.8 Å². The van der Waals surface area contributed by atoms with Gasteiger partial charge in [-0.15, -0.1) is 0 Å². The maximum atomic E-state index is 9.10. The van der Waals surface area contributed by atoms with Crippen LogP contribution in [-0.2, 0) is 27.3 Å². The summed E-state index contributed by atoms with van der Waals surface area (Å²) in [5.41, 5.74) is 2.69. The summed E-state index contributed by atoms with van der Waals surface area (Å²) >= 11 is 2.30. The second kappa shape index (κ2) is 9.68. The molecule has 0 aliphatic carbocycles. The van der Waals surface area contributed by atoms with Crippen molar-refractivity contribution in [3.63, 3.8) is 0 Å². The predicted molar refractivity (Wildman–Crippen MR) is 114 cm³/mol. The van der Waals surface area contributed by atoms with Crippen LogP contribution in [0.5, 0.6) is 0 Å². The summed E-state index contributed by atoms with van der Waals surface area (Å²) < 4.78 is 9.94. The third-order valence-electron chi connectivity index (χ3n) is 5.15. The van der Waals surface area contributed by atoms with Gasteiger partial charge in [0.05, 0.1) is 6.10 Å². The number of hydrogen-bond donors (Lipinski definition) is 2. The number of halogens is 1. The molecule has 9 heteroatoms. The molecule has 156 valence electrons. The fourth-order valence-corrected chi connectivity index (χ4v) is 4.21. The standard InChI is InChI=1S/C18H22IN3O.C2H2O4/c1-21-9-7-14(8-10-21)23-17-15-5-3-2-4-13(15)6-11-22-12-16(19)20-18(17)22;3-1(4)2(5)6/h2-5,12,14,17H,6-11H2,1H3;(H,3,4)(H,5,6). The number of piperidine rings is 1. The van der Waals surface area contributed by atoms with Crippen LogP contribution in [0.3, 0.4) is 0 Å². The van der Waals surface area contributed by atoms with E-state index in [1.165, 1.54) is 11.1 Å². The molecule has 2 aromatic rings. The Hall–Kier alpha value is -1.98. The summed E-state index contributed by atoms with van der Waals surface area (Å²) in [6, 6.07) is 8.70. The summed E-state index contributed by atoms with van der Waals surface area (Å²) in [4.78, 5) is 25.4. The average Bonchev–Trinajstić information content (AvgIpc) is 3.00. The maximum absolute atomic E-state index is 9.10. The lowest BCUT2D eigenvalue weighted by Gasteiger charge is -2.32. The monoisotopic (exact) mass is 513 g/mol. The Morgan fingerprint density at radius 2 is 1.79 bits per heavy atom. The van der Waals surface area contributed by atoms with Gasteiger partial charge in [0.1, 0.15) is 15.6 Å². The van der Waals surface area contributed by atoms with E-state index in [-0.39, 0.29) is 6.10 Å². The van der Waals surface area contributed by atoms with Crippen LogP contribution in [0.25, 0.3) is 0 Å². The summed E-state index contributed by atoms with van der Waals surface area (Å²) in [5, 5.41) is 14.8. The maximum Gasteiger partial charge on any atom is 0.414 e. The second-order valence-corrected chi connectivity index (χ2v) is 8.30. The third-order valence-corrected chi connectivity index (χ3v) is 5.67. The second-order valence-electron chi connectivity index (χ2n) is 7.19. The molecule has 1 aromatic heterocycles. The van der Waals surface area contributed by atoms with Gasteiger partial charge in [-0.2, -0.15) is 0 Å². The molecule has 29 heavy (non-hydrogen) atoms. The van der Waals surface area contributed by atoms with Crippen LogP contribution >= 0.6 is 22.6 Å². The molecule has 1 fully saturated rings. The number of carboxylic acids is 2. The minimum Gasteiger partial charge on any atom is -0.473 e. The van der Waals surface area contributed by atoms with E-state index in [2.05, 4.69) is 69.6 Å². The molecule has 0 bridgehead atoms. The first-order valence-corrected chi connectivity index (χ1v) is 10.5. The van der Waals surface area contributed by atoms with E-state index in [4.69, 9.17) is 29.5 Å². The van der Waals surface area contributed by atoms with Gasteiger partial charge in [-0.25, -0.2) is 14.6 Å². The van der Waals surface area contributed by atoms with Crippen molar-refractivity contribution in [3.8, 4) is 0 Å². The zero-order valence-electron chi connectivity index (χ0n) is 16.1. The highest BCUT2D eigenvalue weighted by atomic mass is 127. The molecule has 2 aliphatic rings. The van der Waals surface area contributed by atoms with Crippen molar-refractivity contribution in [2.45, 2.75) is 38.0 Å². The molecule has 4 rings (SSSR count). The molecule has 8 nitrogen and oxygen atoms in total. The summed E-state index contributed by atoms with van der Waals surface area (Å²) in [6.45, 7) is 3.21. The molecule has 1 aromatic carbocycles.